The molecule has 0 heterocycles. The Bertz CT molecular complexity index is 625. The number of rotatable bonds is 5. The Morgan fingerprint density at radius 2 is 1.90 bits per heavy atom. The van der Waals surface area contributed by atoms with E-state index >= 15 is 0 Å². The number of halogens is 1. The van der Waals surface area contributed by atoms with Gasteiger partial charge < -0.3 is 5.73 Å². The van der Waals surface area contributed by atoms with Gasteiger partial charge in [-0.15, -0.1) is 0 Å². The van der Waals surface area contributed by atoms with Gasteiger partial charge in [0.15, 0.2) is 0 Å². The minimum Gasteiger partial charge on any atom is -0.327 e. The second-order valence-corrected chi connectivity index (χ2v) is 6.95. The first-order chi connectivity index (χ1) is 10.0. The summed E-state index contributed by atoms with van der Waals surface area (Å²) in [5.74, 6) is 0. The monoisotopic (exact) mass is 319 g/mol. The van der Waals surface area contributed by atoms with Gasteiger partial charge in [-0.2, -0.15) is 0 Å². The smallest absolute Gasteiger partial charge is 0.0449 e. The lowest BCUT2D eigenvalue weighted by Gasteiger charge is -2.15. The van der Waals surface area contributed by atoms with Gasteiger partial charge in [0.25, 0.3) is 0 Å². The third kappa shape index (κ3) is 4.26. The lowest BCUT2D eigenvalue weighted by atomic mass is 10.0. The molecule has 0 spiro atoms. The molecule has 2 rings (SSSR count). The van der Waals surface area contributed by atoms with Gasteiger partial charge in [-0.1, -0.05) is 48.5 Å². The van der Waals surface area contributed by atoms with E-state index in [4.69, 9.17) is 17.3 Å². The molecule has 0 fully saturated rings. The Balaban J connectivity index is 2.35. The molecule has 1 nitrogen and oxygen atoms in total. The quantitative estimate of drug-likeness (QED) is 0.799. The second kappa shape index (κ2) is 7.35. The van der Waals surface area contributed by atoms with E-state index < -0.39 is 0 Å². The maximum absolute atomic E-state index is 6.40. The van der Waals surface area contributed by atoms with E-state index in [1.165, 1.54) is 26.5 Å². The highest BCUT2D eigenvalue weighted by Gasteiger charge is 2.12. The molecule has 0 aliphatic rings. The van der Waals surface area contributed by atoms with Crippen molar-refractivity contribution in [3.8, 4) is 0 Å². The predicted octanol–water partition coefficient (Wildman–Crippen LogP) is 5.39. The molecule has 0 saturated heterocycles. The summed E-state index contributed by atoms with van der Waals surface area (Å²) in [5.41, 5.74) is 9.85. The summed E-state index contributed by atoms with van der Waals surface area (Å²) in [6, 6.07) is 12.8. The summed E-state index contributed by atoms with van der Waals surface area (Å²) in [6.45, 7) is 6.37. The summed E-state index contributed by atoms with van der Waals surface area (Å²) in [5, 5.41) is 0.814. The predicted molar refractivity (Wildman–Crippen MR) is 93.5 cm³/mol. The minimum atomic E-state index is 0.155. The van der Waals surface area contributed by atoms with Crippen LogP contribution in [0.4, 0.5) is 0 Å². The van der Waals surface area contributed by atoms with Crippen molar-refractivity contribution in [3.05, 3.63) is 58.1 Å². The molecule has 0 aliphatic heterocycles. The number of hydrogen-bond donors (Lipinski definition) is 1. The third-order valence-electron chi connectivity index (χ3n) is 3.63. The second-order valence-electron chi connectivity index (χ2n) is 5.46. The summed E-state index contributed by atoms with van der Waals surface area (Å²) in [7, 11) is 0. The van der Waals surface area contributed by atoms with Gasteiger partial charge in [0.2, 0.25) is 0 Å². The van der Waals surface area contributed by atoms with Crippen molar-refractivity contribution in [2.75, 3.05) is 0 Å². The van der Waals surface area contributed by atoms with E-state index in [1.807, 2.05) is 12.1 Å². The van der Waals surface area contributed by atoms with E-state index in [2.05, 4.69) is 45.0 Å². The van der Waals surface area contributed by atoms with Crippen LogP contribution in [-0.2, 0) is 6.42 Å². The molecule has 0 aromatic heterocycles. The maximum atomic E-state index is 6.40. The molecule has 2 aromatic rings. The summed E-state index contributed by atoms with van der Waals surface area (Å²) in [4.78, 5) is 2.49. The van der Waals surface area contributed by atoms with Crippen LogP contribution in [0.15, 0.2) is 46.2 Å². The summed E-state index contributed by atoms with van der Waals surface area (Å²) in [6.07, 6.45) is 1.78. The van der Waals surface area contributed by atoms with Crippen molar-refractivity contribution in [1.29, 1.82) is 0 Å². The van der Waals surface area contributed by atoms with Crippen LogP contribution < -0.4 is 5.73 Å². The van der Waals surface area contributed by atoms with Gasteiger partial charge in [-0.3, -0.25) is 0 Å². The van der Waals surface area contributed by atoms with Crippen molar-refractivity contribution in [3.63, 3.8) is 0 Å². The molecular formula is C18H22ClNS. The Morgan fingerprint density at radius 3 is 2.62 bits per heavy atom. The molecule has 1 unspecified atom stereocenters. The van der Waals surface area contributed by atoms with Crippen LogP contribution in [0.25, 0.3) is 0 Å². The Kier molecular flexibility index (Phi) is 5.74. The van der Waals surface area contributed by atoms with Gasteiger partial charge in [-0.25, -0.2) is 0 Å². The van der Waals surface area contributed by atoms with Crippen molar-refractivity contribution in [2.24, 2.45) is 5.73 Å². The molecule has 21 heavy (non-hydrogen) atoms. The van der Waals surface area contributed by atoms with Gasteiger partial charge in [0.05, 0.1) is 0 Å². The molecule has 0 amide bonds. The van der Waals surface area contributed by atoms with Gasteiger partial charge in [0, 0.05) is 20.9 Å². The van der Waals surface area contributed by atoms with Gasteiger partial charge >= 0.3 is 0 Å². The zero-order valence-corrected chi connectivity index (χ0v) is 14.4. The lowest BCUT2D eigenvalue weighted by Crippen LogP contribution is -2.21. The Labute approximate surface area is 136 Å². The number of benzene rings is 2. The van der Waals surface area contributed by atoms with Gasteiger partial charge in [-0.05, 0) is 61.6 Å². The summed E-state index contributed by atoms with van der Waals surface area (Å²) < 4.78 is 0. The minimum absolute atomic E-state index is 0.155. The molecule has 0 bridgehead atoms. The highest BCUT2D eigenvalue weighted by atomic mass is 35.5. The van der Waals surface area contributed by atoms with Crippen LogP contribution in [0.3, 0.4) is 0 Å². The fourth-order valence-electron chi connectivity index (χ4n) is 2.17. The van der Waals surface area contributed by atoms with E-state index in [-0.39, 0.29) is 6.04 Å². The zero-order valence-electron chi connectivity index (χ0n) is 12.8. The van der Waals surface area contributed by atoms with Crippen molar-refractivity contribution < 1.29 is 0 Å². The number of aryl methyl sites for hydroxylation is 2. The van der Waals surface area contributed by atoms with Crippen molar-refractivity contribution >= 4 is 23.4 Å². The SMILES string of the molecule is CCC(N)Cc1c(Cl)cccc1Sc1cc(C)ccc1C. The molecule has 1 atom stereocenters. The highest BCUT2D eigenvalue weighted by Crippen LogP contribution is 2.36. The van der Waals surface area contributed by atoms with Crippen molar-refractivity contribution in [1.82, 2.24) is 0 Å². The molecule has 0 saturated carbocycles. The summed E-state index contributed by atoms with van der Waals surface area (Å²) >= 11 is 8.18. The van der Waals surface area contributed by atoms with Crippen LogP contribution in [0.1, 0.15) is 30.0 Å². The Morgan fingerprint density at radius 1 is 1.14 bits per heavy atom. The third-order valence-corrected chi connectivity index (χ3v) is 5.25. The van der Waals surface area contributed by atoms with Crippen LogP contribution in [-0.4, -0.2) is 6.04 Å². The molecule has 0 radical (unpaired) electrons. The first kappa shape index (κ1) is 16.4. The average molecular weight is 320 g/mol. The van der Waals surface area contributed by atoms with E-state index in [9.17, 15) is 0 Å². The normalized spacial score (nSPS) is 12.4. The molecular weight excluding hydrogens is 298 g/mol. The number of nitrogens with two attached hydrogens (primary N) is 1. The first-order valence-electron chi connectivity index (χ1n) is 7.29. The molecule has 2 aromatic carbocycles. The van der Waals surface area contributed by atoms with Crippen LogP contribution in [0, 0.1) is 13.8 Å². The molecule has 112 valence electrons. The molecule has 3 heteroatoms. The fraction of sp³-hybridized carbons (Fsp3) is 0.333. The Hall–Kier alpha value is -0.960. The molecule has 0 aliphatic carbocycles. The van der Waals surface area contributed by atoms with E-state index in [0.717, 1.165) is 17.9 Å². The highest BCUT2D eigenvalue weighted by molar-refractivity contribution is 7.99. The zero-order chi connectivity index (χ0) is 15.4. The van der Waals surface area contributed by atoms with Crippen LogP contribution in [0.5, 0.6) is 0 Å². The topological polar surface area (TPSA) is 26.0 Å². The van der Waals surface area contributed by atoms with Crippen molar-refractivity contribution in [2.45, 2.75) is 49.4 Å². The first-order valence-corrected chi connectivity index (χ1v) is 8.48. The van der Waals surface area contributed by atoms with Gasteiger partial charge in [0.1, 0.15) is 0 Å². The van der Waals surface area contributed by atoms with Crippen LogP contribution >= 0.6 is 23.4 Å². The average Bonchev–Trinajstić information content (AvgIpc) is 2.46. The maximum Gasteiger partial charge on any atom is 0.0449 e. The lowest BCUT2D eigenvalue weighted by molar-refractivity contribution is 0.641. The molecule has 2 N–H and O–H groups in total. The largest absolute Gasteiger partial charge is 0.327 e. The number of hydrogen-bond acceptors (Lipinski definition) is 2. The standard InChI is InChI=1S/C18H22ClNS/c1-4-14(20)11-15-16(19)6-5-7-17(15)21-18-10-12(2)8-9-13(18)3/h5-10,14H,4,11,20H2,1-3H3. The van der Waals surface area contributed by atoms with E-state index in [1.54, 1.807) is 11.8 Å². The van der Waals surface area contributed by atoms with E-state index in [0.29, 0.717) is 0 Å². The van der Waals surface area contributed by atoms with Crippen LogP contribution in [0.2, 0.25) is 5.02 Å². The fourth-order valence-corrected chi connectivity index (χ4v) is 3.66.